The van der Waals surface area contributed by atoms with Crippen LogP contribution in [0.25, 0.3) is 10.2 Å². The first-order valence-corrected chi connectivity index (χ1v) is 9.38. The van der Waals surface area contributed by atoms with Gasteiger partial charge >= 0.3 is 5.97 Å². The van der Waals surface area contributed by atoms with Gasteiger partial charge in [-0.3, -0.25) is 9.36 Å². The lowest BCUT2D eigenvalue weighted by atomic mass is 9.89. The second kappa shape index (κ2) is 6.53. The first-order valence-electron chi connectivity index (χ1n) is 8.56. The molecule has 25 heavy (non-hydrogen) atoms. The average Bonchev–Trinajstić information content (AvgIpc) is 2.89. The summed E-state index contributed by atoms with van der Waals surface area (Å²) in [4.78, 5) is 31.7. The molecule has 1 N–H and O–H groups in total. The monoisotopic (exact) mass is 364 g/mol. The number of methoxy groups -OCH3 is 1. The zero-order valence-electron chi connectivity index (χ0n) is 15.1. The molecule has 1 aliphatic rings. The number of aryl methyl sites for hydroxylation is 1. The van der Waals surface area contributed by atoms with Crippen LogP contribution in [0.5, 0.6) is 0 Å². The molecule has 0 aromatic carbocycles. The molecule has 0 spiro atoms. The molecule has 2 aromatic rings. The van der Waals surface area contributed by atoms with Gasteiger partial charge in [0.2, 0.25) is 0 Å². The molecule has 136 valence electrons. The summed E-state index contributed by atoms with van der Waals surface area (Å²) in [5, 5.41) is 10.3. The number of rotatable bonds is 5. The van der Waals surface area contributed by atoms with Crippen LogP contribution >= 0.6 is 11.3 Å². The molecule has 2 aromatic heterocycles. The maximum atomic E-state index is 13.3. The second-order valence-corrected chi connectivity index (χ2v) is 8.39. The van der Waals surface area contributed by atoms with E-state index in [1.807, 2.05) is 0 Å². The molecule has 1 aliphatic carbocycles. The predicted molar refractivity (Wildman–Crippen MR) is 97.6 cm³/mol. The molecule has 0 aliphatic heterocycles. The topological polar surface area (TPSA) is 81.4 Å². The number of fused-ring (bicyclic) bond motifs is 3. The number of thiophene rings is 1. The van der Waals surface area contributed by atoms with E-state index in [1.54, 1.807) is 32.3 Å². The van der Waals surface area contributed by atoms with Gasteiger partial charge in [-0.05, 0) is 44.6 Å². The quantitative estimate of drug-likeness (QED) is 0.882. The zero-order chi connectivity index (χ0) is 18.4. The van der Waals surface area contributed by atoms with Crippen molar-refractivity contribution in [3.63, 3.8) is 0 Å². The highest BCUT2D eigenvalue weighted by Gasteiger charge is 2.35. The van der Waals surface area contributed by atoms with E-state index < -0.39 is 11.5 Å². The molecular formula is C18H24N2O4S. The molecule has 0 saturated carbocycles. The Balaban J connectivity index is 2.30. The van der Waals surface area contributed by atoms with Gasteiger partial charge < -0.3 is 9.84 Å². The van der Waals surface area contributed by atoms with E-state index >= 15 is 0 Å². The summed E-state index contributed by atoms with van der Waals surface area (Å²) in [5.74, 6) is 0.0248. The van der Waals surface area contributed by atoms with E-state index in [0.29, 0.717) is 30.2 Å². The van der Waals surface area contributed by atoms with E-state index in [2.05, 4.69) is 6.92 Å². The van der Waals surface area contributed by atoms with Crippen molar-refractivity contribution >= 4 is 27.5 Å². The number of carboxylic acid groups (broad SMARTS) is 1. The molecule has 0 fully saturated rings. The molecule has 1 atom stereocenters. The third kappa shape index (κ3) is 3.00. The Morgan fingerprint density at radius 2 is 2.20 bits per heavy atom. The number of carboxylic acids is 1. The van der Waals surface area contributed by atoms with Crippen molar-refractivity contribution in [1.29, 1.82) is 0 Å². The lowest BCUT2D eigenvalue weighted by Crippen LogP contribution is -2.45. The molecule has 0 bridgehead atoms. The third-order valence-corrected chi connectivity index (χ3v) is 6.16. The largest absolute Gasteiger partial charge is 0.480 e. The number of ether oxygens (including phenoxy) is 1. The van der Waals surface area contributed by atoms with Crippen LogP contribution in [0.1, 0.15) is 43.5 Å². The predicted octanol–water partition coefficient (Wildman–Crippen LogP) is 2.59. The third-order valence-electron chi connectivity index (χ3n) is 5.01. The molecule has 0 amide bonds. The summed E-state index contributed by atoms with van der Waals surface area (Å²) in [7, 11) is 1.58. The Morgan fingerprint density at radius 1 is 1.48 bits per heavy atom. The van der Waals surface area contributed by atoms with Crippen molar-refractivity contribution in [2.24, 2.45) is 5.92 Å². The van der Waals surface area contributed by atoms with Gasteiger partial charge in [0, 0.05) is 18.4 Å². The minimum Gasteiger partial charge on any atom is -0.480 e. The Bertz CT molecular complexity index is 881. The zero-order valence-corrected chi connectivity index (χ0v) is 15.9. The van der Waals surface area contributed by atoms with Crippen LogP contribution in [-0.2, 0) is 34.3 Å². The van der Waals surface area contributed by atoms with E-state index in [-0.39, 0.29) is 5.56 Å². The van der Waals surface area contributed by atoms with E-state index in [4.69, 9.17) is 9.72 Å². The van der Waals surface area contributed by atoms with Crippen LogP contribution in [0, 0.1) is 5.92 Å². The number of aliphatic carboxylic acids is 1. The standard InChI is InChI=1S/C18H24N2O4S/c1-10-5-6-11-12(9-10)25-15-14(11)16(21)20(18(2,3)17(22)23)13(19-15)7-8-24-4/h10H,5-9H2,1-4H3,(H,22,23). The van der Waals surface area contributed by atoms with Crippen LogP contribution in [0.15, 0.2) is 4.79 Å². The molecule has 2 heterocycles. The molecular weight excluding hydrogens is 340 g/mol. The van der Waals surface area contributed by atoms with Crippen molar-refractivity contribution in [2.45, 2.75) is 52.0 Å². The Morgan fingerprint density at radius 3 is 2.84 bits per heavy atom. The smallest absolute Gasteiger partial charge is 0.329 e. The van der Waals surface area contributed by atoms with Crippen LogP contribution in [0.2, 0.25) is 0 Å². The summed E-state index contributed by atoms with van der Waals surface area (Å²) in [5.41, 5.74) is -0.530. The van der Waals surface area contributed by atoms with Gasteiger partial charge in [-0.2, -0.15) is 0 Å². The average molecular weight is 364 g/mol. The maximum absolute atomic E-state index is 13.3. The highest BCUT2D eigenvalue weighted by molar-refractivity contribution is 7.18. The Kier molecular flexibility index (Phi) is 4.72. The van der Waals surface area contributed by atoms with Gasteiger partial charge in [-0.25, -0.2) is 9.78 Å². The summed E-state index contributed by atoms with van der Waals surface area (Å²) < 4.78 is 6.47. The summed E-state index contributed by atoms with van der Waals surface area (Å²) in [6.07, 6.45) is 3.27. The lowest BCUT2D eigenvalue weighted by molar-refractivity contribution is -0.146. The molecule has 7 heteroatoms. The fourth-order valence-corrected chi connectivity index (χ4v) is 4.86. The van der Waals surface area contributed by atoms with Gasteiger partial charge in [0.25, 0.3) is 5.56 Å². The number of hydrogen-bond acceptors (Lipinski definition) is 5. The first kappa shape index (κ1) is 18.1. The molecule has 1 unspecified atom stereocenters. The summed E-state index contributed by atoms with van der Waals surface area (Å²) in [6.45, 7) is 5.69. The highest BCUT2D eigenvalue weighted by Crippen LogP contribution is 2.36. The second-order valence-electron chi connectivity index (χ2n) is 7.31. The fraction of sp³-hybridized carbons (Fsp3) is 0.611. The van der Waals surface area contributed by atoms with Crippen LogP contribution in [0.4, 0.5) is 0 Å². The van der Waals surface area contributed by atoms with Gasteiger partial charge in [-0.1, -0.05) is 6.92 Å². The molecule has 6 nitrogen and oxygen atoms in total. The van der Waals surface area contributed by atoms with Gasteiger partial charge in [0.15, 0.2) is 0 Å². The van der Waals surface area contributed by atoms with Crippen molar-refractivity contribution < 1.29 is 14.6 Å². The van der Waals surface area contributed by atoms with E-state index in [9.17, 15) is 14.7 Å². The molecule has 0 radical (unpaired) electrons. The van der Waals surface area contributed by atoms with Crippen molar-refractivity contribution in [2.75, 3.05) is 13.7 Å². The number of hydrogen-bond donors (Lipinski definition) is 1. The minimum absolute atomic E-state index is 0.240. The summed E-state index contributed by atoms with van der Waals surface area (Å²) >= 11 is 1.58. The Labute approximate surface area is 150 Å². The first-order chi connectivity index (χ1) is 11.8. The molecule has 3 rings (SSSR count). The van der Waals surface area contributed by atoms with Crippen LogP contribution in [-0.4, -0.2) is 34.3 Å². The van der Waals surface area contributed by atoms with Gasteiger partial charge in [-0.15, -0.1) is 11.3 Å². The highest BCUT2D eigenvalue weighted by atomic mass is 32.1. The van der Waals surface area contributed by atoms with Gasteiger partial charge in [0.1, 0.15) is 16.2 Å². The summed E-state index contributed by atoms with van der Waals surface area (Å²) in [6, 6.07) is 0. The van der Waals surface area contributed by atoms with E-state index in [0.717, 1.165) is 29.7 Å². The minimum atomic E-state index is -1.36. The lowest BCUT2D eigenvalue weighted by Gasteiger charge is -2.26. The fourth-order valence-electron chi connectivity index (χ4n) is 3.47. The number of carbonyl (C=O) groups is 1. The van der Waals surface area contributed by atoms with Crippen LogP contribution < -0.4 is 5.56 Å². The van der Waals surface area contributed by atoms with Crippen molar-refractivity contribution in [3.8, 4) is 0 Å². The van der Waals surface area contributed by atoms with Crippen LogP contribution in [0.3, 0.4) is 0 Å². The van der Waals surface area contributed by atoms with Crippen molar-refractivity contribution in [1.82, 2.24) is 9.55 Å². The normalized spacial score (nSPS) is 17.7. The number of aromatic nitrogens is 2. The Hall–Kier alpha value is -1.73. The van der Waals surface area contributed by atoms with Crippen molar-refractivity contribution in [3.05, 3.63) is 26.6 Å². The number of nitrogens with zero attached hydrogens (tertiary/aromatic N) is 2. The maximum Gasteiger partial charge on any atom is 0.329 e. The molecule has 0 saturated heterocycles. The van der Waals surface area contributed by atoms with Gasteiger partial charge in [0.05, 0.1) is 12.0 Å². The van der Waals surface area contributed by atoms with E-state index in [1.165, 1.54) is 9.44 Å². The SMILES string of the molecule is COCCc1nc2sc3c(c2c(=O)n1C(C)(C)C(=O)O)CCC(C)C3.